The first-order valence-electron chi connectivity index (χ1n) is 10.2. The van der Waals surface area contributed by atoms with E-state index in [1.807, 2.05) is 0 Å². The van der Waals surface area contributed by atoms with Gasteiger partial charge in [-0.2, -0.15) is 0 Å². The van der Waals surface area contributed by atoms with Gasteiger partial charge in [-0.05, 0) is 25.7 Å². The van der Waals surface area contributed by atoms with Crippen LogP contribution in [-0.4, -0.2) is 38.0 Å². The fourth-order valence-corrected chi connectivity index (χ4v) is 3.08. The van der Waals surface area contributed by atoms with Crippen LogP contribution in [0.5, 0.6) is 0 Å². The van der Waals surface area contributed by atoms with E-state index in [1.165, 1.54) is 64.2 Å². The van der Waals surface area contributed by atoms with Crippen LogP contribution in [0.25, 0.3) is 0 Å². The molecule has 0 aromatic rings. The highest BCUT2D eigenvalue weighted by atomic mass is 16.6. The molecule has 4 nitrogen and oxygen atoms in total. The largest absolute Gasteiger partial charge is 0.466 e. The number of ether oxygens (including phenoxy) is 3. The van der Waals surface area contributed by atoms with Crippen LogP contribution < -0.4 is 0 Å². The zero-order valence-corrected chi connectivity index (χ0v) is 15.3. The summed E-state index contributed by atoms with van der Waals surface area (Å²) in [6, 6.07) is 0. The molecule has 0 bridgehead atoms. The lowest BCUT2D eigenvalue weighted by molar-refractivity contribution is -0.143. The third kappa shape index (κ3) is 11.9. The Labute approximate surface area is 147 Å². The van der Waals surface area contributed by atoms with Crippen LogP contribution >= 0.6 is 0 Å². The summed E-state index contributed by atoms with van der Waals surface area (Å²) in [6.07, 6.45) is 17.5. The maximum atomic E-state index is 11.6. The first-order chi connectivity index (χ1) is 11.8. The highest BCUT2D eigenvalue weighted by molar-refractivity contribution is 5.69. The Morgan fingerprint density at radius 1 is 0.708 bits per heavy atom. The molecule has 2 aliphatic heterocycles. The number of unbranched alkanes of at least 4 members (excludes halogenated alkanes) is 9. The highest BCUT2D eigenvalue weighted by Gasteiger charge is 2.21. The summed E-state index contributed by atoms with van der Waals surface area (Å²) in [5.74, 6) is -0.00851. The van der Waals surface area contributed by atoms with Crippen molar-refractivity contribution < 1.29 is 19.0 Å². The van der Waals surface area contributed by atoms with Crippen LogP contribution in [0.1, 0.15) is 89.9 Å². The lowest BCUT2D eigenvalue weighted by Crippen LogP contribution is -2.05. The molecular weight excluding hydrogens is 304 g/mol. The smallest absolute Gasteiger partial charge is 0.305 e. The van der Waals surface area contributed by atoms with Crippen molar-refractivity contribution in [3.63, 3.8) is 0 Å². The van der Waals surface area contributed by atoms with Gasteiger partial charge in [0.05, 0.1) is 32.0 Å². The summed E-state index contributed by atoms with van der Waals surface area (Å²) >= 11 is 0. The summed E-state index contributed by atoms with van der Waals surface area (Å²) in [5.41, 5.74) is 0. The molecular formula is C20H36O4. The molecule has 2 saturated heterocycles. The number of rotatable bonds is 17. The quantitative estimate of drug-likeness (QED) is 0.217. The maximum Gasteiger partial charge on any atom is 0.305 e. The Morgan fingerprint density at radius 2 is 1.17 bits per heavy atom. The molecule has 24 heavy (non-hydrogen) atoms. The van der Waals surface area contributed by atoms with Crippen LogP contribution in [-0.2, 0) is 19.0 Å². The average molecular weight is 341 g/mol. The van der Waals surface area contributed by atoms with Crippen molar-refractivity contribution in [1.29, 1.82) is 0 Å². The minimum atomic E-state index is -0.00851. The molecule has 0 aliphatic carbocycles. The Bertz CT molecular complexity index is 324. The Hall–Kier alpha value is -0.610. The second kappa shape index (κ2) is 12.7. The van der Waals surface area contributed by atoms with Crippen LogP contribution in [0, 0.1) is 0 Å². The van der Waals surface area contributed by atoms with Gasteiger partial charge in [0.2, 0.25) is 0 Å². The van der Waals surface area contributed by atoms with E-state index in [-0.39, 0.29) is 5.97 Å². The predicted molar refractivity (Wildman–Crippen MR) is 95.1 cm³/mol. The van der Waals surface area contributed by atoms with Crippen molar-refractivity contribution in [2.45, 2.75) is 102 Å². The fourth-order valence-electron chi connectivity index (χ4n) is 3.08. The molecule has 2 rings (SSSR count). The second-order valence-corrected chi connectivity index (χ2v) is 7.35. The molecule has 0 N–H and O–H groups in total. The standard InChI is InChI=1S/C20H36O4/c21-20(14-10-6-3-5-9-13-19-17-24-19)22-15-11-7-2-1-4-8-12-18-16-23-18/h18-19H,1-17H2. The van der Waals surface area contributed by atoms with E-state index in [0.29, 0.717) is 25.2 Å². The van der Waals surface area contributed by atoms with Gasteiger partial charge < -0.3 is 14.2 Å². The van der Waals surface area contributed by atoms with Gasteiger partial charge in [-0.15, -0.1) is 0 Å². The summed E-state index contributed by atoms with van der Waals surface area (Å²) in [6.45, 7) is 2.57. The fraction of sp³-hybridized carbons (Fsp3) is 0.950. The summed E-state index contributed by atoms with van der Waals surface area (Å²) in [5, 5.41) is 0. The molecule has 0 spiro atoms. The number of carbonyl (C=O) groups is 1. The lowest BCUT2D eigenvalue weighted by Gasteiger charge is -2.05. The molecule has 0 aromatic carbocycles. The first-order valence-corrected chi connectivity index (χ1v) is 10.2. The molecule has 2 unspecified atom stereocenters. The van der Waals surface area contributed by atoms with E-state index < -0.39 is 0 Å². The van der Waals surface area contributed by atoms with Gasteiger partial charge in [0.25, 0.3) is 0 Å². The molecule has 0 radical (unpaired) electrons. The van der Waals surface area contributed by atoms with Crippen LogP contribution in [0.15, 0.2) is 0 Å². The molecule has 140 valence electrons. The first kappa shape index (κ1) is 19.7. The summed E-state index contributed by atoms with van der Waals surface area (Å²) < 4.78 is 15.7. The topological polar surface area (TPSA) is 51.4 Å². The number of hydrogen-bond acceptors (Lipinski definition) is 4. The van der Waals surface area contributed by atoms with Gasteiger partial charge >= 0.3 is 5.97 Å². The molecule has 4 heteroatoms. The van der Waals surface area contributed by atoms with Gasteiger partial charge in [0.15, 0.2) is 0 Å². The van der Waals surface area contributed by atoms with Crippen molar-refractivity contribution in [2.75, 3.05) is 19.8 Å². The Morgan fingerprint density at radius 3 is 1.71 bits per heavy atom. The summed E-state index contributed by atoms with van der Waals surface area (Å²) in [7, 11) is 0. The maximum absolute atomic E-state index is 11.6. The number of epoxide rings is 2. The van der Waals surface area contributed by atoms with E-state index in [0.717, 1.165) is 32.5 Å². The van der Waals surface area contributed by atoms with Crippen molar-refractivity contribution in [2.24, 2.45) is 0 Å². The molecule has 2 heterocycles. The van der Waals surface area contributed by atoms with Crippen LogP contribution in [0.2, 0.25) is 0 Å². The van der Waals surface area contributed by atoms with Gasteiger partial charge in [-0.25, -0.2) is 0 Å². The van der Waals surface area contributed by atoms with Crippen molar-refractivity contribution in [3.05, 3.63) is 0 Å². The van der Waals surface area contributed by atoms with E-state index in [9.17, 15) is 4.79 Å². The monoisotopic (exact) mass is 340 g/mol. The van der Waals surface area contributed by atoms with E-state index >= 15 is 0 Å². The predicted octanol–water partition coefficient (Wildman–Crippen LogP) is 4.79. The number of esters is 1. The van der Waals surface area contributed by atoms with Gasteiger partial charge in [-0.1, -0.05) is 57.8 Å². The molecule has 2 aliphatic rings. The van der Waals surface area contributed by atoms with Gasteiger partial charge in [-0.3, -0.25) is 4.79 Å². The Balaban J connectivity index is 1.22. The second-order valence-electron chi connectivity index (χ2n) is 7.35. The Kier molecular flexibility index (Phi) is 10.4. The zero-order valence-electron chi connectivity index (χ0n) is 15.3. The highest BCUT2D eigenvalue weighted by Crippen LogP contribution is 2.19. The van der Waals surface area contributed by atoms with E-state index in [1.54, 1.807) is 0 Å². The molecule has 0 amide bonds. The molecule has 2 atom stereocenters. The zero-order chi connectivity index (χ0) is 16.9. The van der Waals surface area contributed by atoms with Crippen molar-refractivity contribution in [1.82, 2.24) is 0 Å². The third-order valence-electron chi connectivity index (χ3n) is 4.90. The van der Waals surface area contributed by atoms with Crippen molar-refractivity contribution in [3.8, 4) is 0 Å². The number of hydrogen-bond donors (Lipinski definition) is 0. The minimum Gasteiger partial charge on any atom is -0.466 e. The number of carbonyl (C=O) groups excluding carboxylic acids is 1. The third-order valence-corrected chi connectivity index (χ3v) is 4.90. The van der Waals surface area contributed by atoms with E-state index in [2.05, 4.69) is 0 Å². The molecule has 0 saturated carbocycles. The summed E-state index contributed by atoms with van der Waals surface area (Å²) in [4.78, 5) is 11.6. The van der Waals surface area contributed by atoms with Crippen molar-refractivity contribution >= 4 is 5.97 Å². The average Bonchev–Trinajstić information content (AvgIpc) is 3.46. The SMILES string of the molecule is O=C(CCCCCCCC1CO1)OCCCCCCCCC1CO1. The lowest BCUT2D eigenvalue weighted by atomic mass is 10.1. The normalized spacial score (nSPS) is 21.7. The molecule has 0 aromatic heterocycles. The van der Waals surface area contributed by atoms with E-state index in [4.69, 9.17) is 14.2 Å². The van der Waals surface area contributed by atoms with Crippen LogP contribution in [0.4, 0.5) is 0 Å². The van der Waals surface area contributed by atoms with Gasteiger partial charge in [0, 0.05) is 6.42 Å². The minimum absolute atomic E-state index is 0.00851. The van der Waals surface area contributed by atoms with Gasteiger partial charge in [0.1, 0.15) is 0 Å². The molecule has 2 fully saturated rings. The van der Waals surface area contributed by atoms with Crippen LogP contribution in [0.3, 0.4) is 0 Å².